The van der Waals surface area contributed by atoms with E-state index in [1.807, 2.05) is 0 Å². The van der Waals surface area contributed by atoms with Crippen LogP contribution >= 0.6 is 0 Å². The fourth-order valence-electron chi connectivity index (χ4n) is 3.12. The summed E-state index contributed by atoms with van der Waals surface area (Å²) in [6.07, 6.45) is 12.5. The van der Waals surface area contributed by atoms with Crippen molar-refractivity contribution in [1.82, 2.24) is 0 Å². The second kappa shape index (κ2) is 11.0. The SMILES string of the molecule is CC=C1C(C2=CC(CCO[Si](C)(C)C)=CC2)=[C-]c2ccccc21.[Cl-].[Cl-].[Zr+3]. The molecule has 0 atom stereocenters. The van der Waals surface area contributed by atoms with Crippen molar-refractivity contribution in [2.75, 3.05) is 6.61 Å². The summed E-state index contributed by atoms with van der Waals surface area (Å²) in [4.78, 5) is 0. The minimum atomic E-state index is -1.41. The Bertz CT molecular complexity index is 743. The number of hydrogen-bond acceptors (Lipinski definition) is 1. The Kier molecular flexibility index (Phi) is 10.9. The van der Waals surface area contributed by atoms with Crippen LogP contribution in [0.15, 0.2) is 59.2 Å². The first-order chi connectivity index (χ1) is 11.0. The fraction of sp³-hybridized carbons (Fsp3) is 0.333. The second-order valence-electron chi connectivity index (χ2n) is 7.11. The zero-order valence-electron chi connectivity index (χ0n) is 15.8. The van der Waals surface area contributed by atoms with Crippen molar-refractivity contribution in [3.63, 3.8) is 0 Å². The van der Waals surface area contributed by atoms with Gasteiger partial charge in [-0.1, -0.05) is 42.8 Å². The predicted molar refractivity (Wildman–Crippen MR) is 101 cm³/mol. The summed E-state index contributed by atoms with van der Waals surface area (Å²) in [6, 6.07) is 8.53. The van der Waals surface area contributed by atoms with Gasteiger partial charge in [0.2, 0.25) is 0 Å². The molecule has 1 aromatic carbocycles. The molecule has 26 heavy (non-hydrogen) atoms. The monoisotopic (exact) mass is 481 g/mol. The molecule has 0 aliphatic heterocycles. The van der Waals surface area contributed by atoms with Crippen LogP contribution in [0.4, 0.5) is 0 Å². The third kappa shape index (κ3) is 6.17. The van der Waals surface area contributed by atoms with Crippen molar-refractivity contribution in [1.29, 1.82) is 0 Å². The van der Waals surface area contributed by atoms with Crippen LogP contribution in [-0.4, -0.2) is 14.9 Å². The molecule has 0 amide bonds. The van der Waals surface area contributed by atoms with E-state index in [1.165, 1.54) is 33.4 Å². The molecule has 1 radical (unpaired) electrons. The smallest absolute Gasteiger partial charge is 1.00 e. The Balaban J connectivity index is 0.00000208. The largest absolute Gasteiger partial charge is 3.00 e. The second-order valence-corrected chi connectivity index (χ2v) is 11.6. The summed E-state index contributed by atoms with van der Waals surface area (Å²) in [5.74, 6) is 0. The number of rotatable bonds is 5. The molecule has 0 heterocycles. The van der Waals surface area contributed by atoms with Crippen LogP contribution < -0.4 is 24.8 Å². The third-order valence-corrected chi connectivity index (χ3v) is 5.30. The maximum absolute atomic E-state index is 5.98. The average molecular weight is 484 g/mol. The number of allylic oxidation sites excluding steroid dienone is 6. The normalized spacial score (nSPS) is 16.6. The van der Waals surface area contributed by atoms with E-state index in [2.05, 4.69) is 75.1 Å². The van der Waals surface area contributed by atoms with Crippen LogP contribution in [0.5, 0.6) is 0 Å². The number of hydrogen-bond donors (Lipinski definition) is 0. The van der Waals surface area contributed by atoms with E-state index in [0.29, 0.717) is 0 Å². The predicted octanol–water partition coefficient (Wildman–Crippen LogP) is -0.315. The minimum Gasteiger partial charge on any atom is -1.00 e. The van der Waals surface area contributed by atoms with Crippen molar-refractivity contribution in [3.8, 4) is 0 Å². The van der Waals surface area contributed by atoms with Crippen LogP contribution in [0, 0.1) is 6.08 Å². The van der Waals surface area contributed by atoms with Crippen molar-refractivity contribution in [3.05, 3.63) is 76.4 Å². The van der Waals surface area contributed by atoms with E-state index in [0.717, 1.165) is 19.4 Å². The van der Waals surface area contributed by atoms with Gasteiger partial charge in [-0.2, -0.15) is 0 Å². The van der Waals surface area contributed by atoms with Crippen LogP contribution in [-0.2, 0) is 30.6 Å². The first kappa shape index (κ1) is 25.8. The number of halogens is 2. The Labute approximate surface area is 190 Å². The van der Waals surface area contributed by atoms with Gasteiger partial charge in [-0.15, -0.1) is 46.1 Å². The van der Waals surface area contributed by atoms with Gasteiger partial charge in [0.15, 0.2) is 8.32 Å². The van der Waals surface area contributed by atoms with E-state index in [-0.39, 0.29) is 51.0 Å². The Morgan fingerprint density at radius 3 is 2.50 bits per heavy atom. The summed E-state index contributed by atoms with van der Waals surface area (Å²) < 4.78 is 5.98. The molecule has 0 N–H and O–H groups in total. The number of benzene rings is 1. The summed E-state index contributed by atoms with van der Waals surface area (Å²) in [5, 5.41) is 0. The number of fused-ring (bicyclic) bond motifs is 1. The van der Waals surface area contributed by atoms with Crippen LogP contribution in [0.2, 0.25) is 19.6 Å². The molecular formula is C21H25Cl2OSiZr. The van der Waals surface area contributed by atoms with E-state index in [4.69, 9.17) is 4.43 Å². The molecule has 1 nitrogen and oxygen atoms in total. The van der Waals surface area contributed by atoms with Gasteiger partial charge in [0.25, 0.3) is 0 Å². The third-order valence-electron chi connectivity index (χ3n) is 4.23. The van der Waals surface area contributed by atoms with E-state index in [1.54, 1.807) is 0 Å². The zero-order valence-corrected chi connectivity index (χ0v) is 20.8. The van der Waals surface area contributed by atoms with Crippen molar-refractivity contribution < 1.29 is 55.4 Å². The first-order valence-corrected chi connectivity index (χ1v) is 11.8. The maximum Gasteiger partial charge on any atom is 3.00 e. The molecule has 0 bridgehead atoms. The maximum atomic E-state index is 5.98. The Hall–Kier alpha value is -0.180. The molecule has 0 saturated heterocycles. The molecule has 0 unspecified atom stereocenters. The van der Waals surface area contributed by atoms with Gasteiger partial charge in [-0.05, 0) is 32.5 Å². The van der Waals surface area contributed by atoms with Crippen LogP contribution in [0.1, 0.15) is 30.9 Å². The molecule has 2 aliphatic carbocycles. The van der Waals surface area contributed by atoms with Gasteiger partial charge in [0, 0.05) is 6.61 Å². The molecule has 137 valence electrons. The molecule has 0 aromatic heterocycles. The van der Waals surface area contributed by atoms with E-state index >= 15 is 0 Å². The van der Waals surface area contributed by atoms with Crippen LogP contribution in [0.25, 0.3) is 5.57 Å². The molecular weight excluding hydrogens is 458 g/mol. The fourth-order valence-corrected chi connectivity index (χ4v) is 3.84. The van der Waals surface area contributed by atoms with Gasteiger partial charge in [-0.3, -0.25) is 0 Å². The van der Waals surface area contributed by atoms with E-state index < -0.39 is 8.32 Å². The zero-order chi connectivity index (χ0) is 16.4. The molecule has 3 rings (SSSR count). The van der Waals surface area contributed by atoms with Crippen LogP contribution in [0.3, 0.4) is 0 Å². The summed E-state index contributed by atoms with van der Waals surface area (Å²) in [6.45, 7) is 9.68. The molecule has 0 spiro atoms. The van der Waals surface area contributed by atoms with Crippen molar-refractivity contribution in [2.45, 2.75) is 39.4 Å². The van der Waals surface area contributed by atoms with E-state index in [9.17, 15) is 0 Å². The van der Waals surface area contributed by atoms with Gasteiger partial charge in [0.05, 0.1) is 0 Å². The van der Waals surface area contributed by atoms with Gasteiger partial charge < -0.3 is 29.2 Å². The first-order valence-electron chi connectivity index (χ1n) is 8.42. The summed E-state index contributed by atoms with van der Waals surface area (Å²) in [5.41, 5.74) is 7.90. The standard InChI is InChI=1S/C21H25OSi.2ClH.Zr/c1-5-19-20-9-7-6-8-17(20)15-21(19)18-11-10-16(14-18)12-13-22-23(2,3)4;;;/h5-10,14H,11-13H2,1-4H3;2*1H;/q-1;;;+3/p-2. The van der Waals surface area contributed by atoms with Gasteiger partial charge >= 0.3 is 26.2 Å². The van der Waals surface area contributed by atoms with Crippen molar-refractivity contribution in [2.24, 2.45) is 0 Å². The van der Waals surface area contributed by atoms with Crippen molar-refractivity contribution >= 4 is 13.9 Å². The minimum absolute atomic E-state index is 0. The molecule has 1 aromatic rings. The molecule has 0 fully saturated rings. The Morgan fingerprint density at radius 2 is 1.85 bits per heavy atom. The average Bonchev–Trinajstić information content (AvgIpc) is 3.09. The van der Waals surface area contributed by atoms with Gasteiger partial charge in [-0.25, -0.2) is 0 Å². The molecule has 5 heteroatoms. The summed E-state index contributed by atoms with van der Waals surface area (Å²) in [7, 11) is -1.41. The molecule has 0 saturated carbocycles. The topological polar surface area (TPSA) is 9.23 Å². The Morgan fingerprint density at radius 1 is 1.15 bits per heavy atom. The molecule has 2 aliphatic rings. The quantitative estimate of drug-likeness (QED) is 0.412. The van der Waals surface area contributed by atoms with Gasteiger partial charge in [0.1, 0.15) is 0 Å². The summed E-state index contributed by atoms with van der Waals surface area (Å²) >= 11 is 0.